The van der Waals surface area contributed by atoms with Crippen LogP contribution in [-0.4, -0.2) is 63.3 Å². The number of Topliss-reactive ketones (excluding diaryl/α,β-unsaturated/α-hetero) is 3. The molecule has 0 fully saturated rings. The quantitative estimate of drug-likeness (QED) is 0.101. The van der Waals surface area contributed by atoms with Gasteiger partial charge in [-0.2, -0.15) is 0 Å². The van der Waals surface area contributed by atoms with Gasteiger partial charge in [0.15, 0.2) is 17.3 Å². The van der Waals surface area contributed by atoms with Crippen LogP contribution in [0.1, 0.15) is 124 Å². The molecule has 0 radical (unpaired) electrons. The van der Waals surface area contributed by atoms with E-state index in [-0.39, 0.29) is 41.5 Å². The number of carbonyl (C=O) groups excluding carboxylic acids is 3. The summed E-state index contributed by atoms with van der Waals surface area (Å²) in [5.74, 6) is -8.95. The number of carbonyl (C=O) groups is 3. The largest absolute Gasteiger partial charge is 0.507 e. The van der Waals surface area contributed by atoms with Crippen LogP contribution in [0, 0.1) is 13.8 Å². The van der Waals surface area contributed by atoms with Crippen molar-refractivity contribution in [2.45, 2.75) is 86.0 Å². The van der Waals surface area contributed by atoms with Crippen molar-refractivity contribution in [2.75, 3.05) is 0 Å². The fourth-order valence-corrected chi connectivity index (χ4v) is 5.49. The fraction of sp³-hybridized carbons (Fsp3) is 0.382. The molecule has 0 aliphatic carbocycles. The average Bonchev–Trinajstić information content (AvgIpc) is 2.99. The van der Waals surface area contributed by atoms with Gasteiger partial charge in [0.25, 0.3) is 0 Å². The number of aromatic hydroxyl groups is 9. The number of benzene rings is 3. The number of rotatable bonds is 13. The molecule has 0 aliphatic rings. The van der Waals surface area contributed by atoms with E-state index in [1.807, 2.05) is 0 Å². The molecule has 3 rings (SSSR count). The summed E-state index contributed by atoms with van der Waals surface area (Å²) in [6, 6.07) is 0. The van der Waals surface area contributed by atoms with Crippen molar-refractivity contribution >= 4 is 17.3 Å². The third kappa shape index (κ3) is 6.07. The molecule has 248 valence electrons. The van der Waals surface area contributed by atoms with Crippen LogP contribution in [0.4, 0.5) is 0 Å². The van der Waals surface area contributed by atoms with Gasteiger partial charge >= 0.3 is 0 Å². The highest BCUT2D eigenvalue weighted by Crippen LogP contribution is 2.51. The molecule has 12 heteroatoms. The molecule has 0 heterocycles. The van der Waals surface area contributed by atoms with E-state index >= 15 is 0 Å². The van der Waals surface area contributed by atoms with Gasteiger partial charge in [0.05, 0.1) is 0 Å². The summed E-state index contributed by atoms with van der Waals surface area (Å²) >= 11 is 0. The lowest BCUT2D eigenvalue weighted by atomic mass is 9.87. The molecule has 0 saturated heterocycles. The Labute approximate surface area is 265 Å². The molecular weight excluding hydrogens is 600 g/mol. The molecule has 3 aromatic rings. The molecule has 0 spiro atoms. The number of hydrogen-bond donors (Lipinski definition) is 9. The van der Waals surface area contributed by atoms with E-state index in [0.717, 1.165) is 0 Å². The topological polar surface area (TPSA) is 233 Å². The summed E-state index contributed by atoms with van der Waals surface area (Å²) in [5, 5.41) is 98.9. The average molecular weight is 641 g/mol. The van der Waals surface area contributed by atoms with Crippen LogP contribution in [0.3, 0.4) is 0 Å². The number of hydrogen-bond acceptors (Lipinski definition) is 12. The second-order valence-electron chi connectivity index (χ2n) is 11.3. The SMILES string of the molecule is CCCC(=O)c1c(O)c(C)c(O)c(Cc2c(O)c(Cc3c(O)c(C)c(O)c(C(=O)CCC)c3O)c(O)c(C(=O)CCC)c2O)c1O. The van der Waals surface area contributed by atoms with Crippen molar-refractivity contribution in [1.82, 2.24) is 0 Å². The fourth-order valence-electron chi connectivity index (χ4n) is 5.49. The van der Waals surface area contributed by atoms with Gasteiger partial charge in [0.2, 0.25) is 0 Å². The normalized spacial score (nSPS) is 11.2. The number of phenolic OH excluding ortho intramolecular Hbond substituents is 9. The van der Waals surface area contributed by atoms with Crippen molar-refractivity contribution in [3.8, 4) is 51.7 Å². The Morgan fingerprint density at radius 2 is 0.630 bits per heavy atom. The molecule has 0 amide bonds. The first kappa shape index (κ1) is 35.4. The Balaban J connectivity index is 2.39. The molecule has 0 bridgehead atoms. The Morgan fingerprint density at radius 1 is 0.391 bits per heavy atom. The van der Waals surface area contributed by atoms with Gasteiger partial charge in [0.1, 0.15) is 68.4 Å². The smallest absolute Gasteiger partial charge is 0.170 e. The van der Waals surface area contributed by atoms with E-state index in [2.05, 4.69) is 0 Å². The lowest BCUT2D eigenvalue weighted by Gasteiger charge is -2.21. The summed E-state index contributed by atoms with van der Waals surface area (Å²) < 4.78 is 0. The second-order valence-corrected chi connectivity index (χ2v) is 11.3. The molecule has 3 aromatic carbocycles. The van der Waals surface area contributed by atoms with Crippen molar-refractivity contribution < 1.29 is 60.3 Å². The third-order valence-electron chi connectivity index (χ3n) is 8.10. The predicted molar refractivity (Wildman–Crippen MR) is 167 cm³/mol. The highest BCUT2D eigenvalue weighted by molar-refractivity contribution is 6.04. The molecule has 12 nitrogen and oxygen atoms in total. The van der Waals surface area contributed by atoms with E-state index in [9.17, 15) is 60.3 Å². The van der Waals surface area contributed by atoms with Crippen molar-refractivity contribution in [1.29, 1.82) is 0 Å². The Kier molecular flexibility index (Phi) is 10.7. The minimum Gasteiger partial charge on any atom is -0.507 e. The van der Waals surface area contributed by atoms with Gasteiger partial charge in [-0.05, 0) is 33.1 Å². The number of ketones is 3. The van der Waals surface area contributed by atoms with Gasteiger partial charge in [-0.3, -0.25) is 14.4 Å². The maximum Gasteiger partial charge on any atom is 0.170 e. The Morgan fingerprint density at radius 3 is 0.891 bits per heavy atom. The monoisotopic (exact) mass is 640 g/mol. The molecule has 0 saturated carbocycles. The van der Waals surface area contributed by atoms with Crippen molar-refractivity contribution in [2.24, 2.45) is 0 Å². The first-order chi connectivity index (χ1) is 21.6. The molecule has 0 unspecified atom stereocenters. The Bertz CT molecular complexity index is 1620. The molecule has 0 atom stereocenters. The maximum atomic E-state index is 13.1. The van der Waals surface area contributed by atoms with Crippen LogP contribution in [-0.2, 0) is 12.8 Å². The second kappa shape index (κ2) is 13.9. The summed E-state index contributed by atoms with van der Waals surface area (Å²) in [7, 11) is 0. The molecule has 46 heavy (non-hydrogen) atoms. The van der Waals surface area contributed by atoms with Gasteiger partial charge in [-0.25, -0.2) is 0 Å². The van der Waals surface area contributed by atoms with E-state index < -0.39 is 110 Å². The molecule has 0 aromatic heterocycles. The lowest BCUT2D eigenvalue weighted by molar-refractivity contribution is 0.0967. The first-order valence-corrected chi connectivity index (χ1v) is 15.0. The number of phenols is 9. The minimum absolute atomic E-state index is 0.0535. The molecular formula is C34H40O12. The molecule has 0 aliphatic heterocycles. The summed E-state index contributed by atoms with van der Waals surface area (Å²) in [5.41, 5.74) is -3.66. The highest BCUT2D eigenvalue weighted by Gasteiger charge is 2.33. The van der Waals surface area contributed by atoms with Crippen LogP contribution in [0.2, 0.25) is 0 Å². The van der Waals surface area contributed by atoms with E-state index in [1.165, 1.54) is 13.8 Å². The van der Waals surface area contributed by atoms with Crippen LogP contribution in [0.25, 0.3) is 0 Å². The lowest BCUT2D eigenvalue weighted by Crippen LogP contribution is -2.08. The van der Waals surface area contributed by atoms with Gasteiger partial charge < -0.3 is 46.0 Å². The van der Waals surface area contributed by atoms with Gasteiger partial charge in [0, 0.05) is 65.5 Å². The zero-order chi connectivity index (χ0) is 34.8. The summed E-state index contributed by atoms with van der Waals surface area (Å²) in [6.45, 7) is 7.64. The predicted octanol–water partition coefficient (Wildman–Crippen LogP) is 5.78. The van der Waals surface area contributed by atoms with Crippen LogP contribution < -0.4 is 0 Å². The summed E-state index contributed by atoms with van der Waals surface area (Å²) in [6.07, 6.45) is -0.636. The van der Waals surface area contributed by atoms with E-state index in [4.69, 9.17) is 0 Å². The van der Waals surface area contributed by atoms with Crippen LogP contribution >= 0.6 is 0 Å². The van der Waals surface area contributed by atoms with Gasteiger partial charge in [-0.15, -0.1) is 0 Å². The first-order valence-electron chi connectivity index (χ1n) is 15.0. The minimum atomic E-state index is -0.891. The summed E-state index contributed by atoms with van der Waals surface area (Å²) in [4.78, 5) is 38.7. The standard InChI is InChI=1S/C34H40O12/c1-6-9-20(35)23-28(40)14(4)26(38)16(31(23)43)12-18-30(42)19(34(46)25(33(18)45)22(37)11-8-3)13-17-27(39)15(5)29(41)24(32(17)44)21(36)10-7-2/h38-46H,6-13H2,1-5H3. The Hall–Kier alpha value is -5.13. The van der Waals surface area contributed by atoms with E-state index in [1.54, 1.807) is 20.8 Å². The van der Waals surface area contributed by atoms with Crippen molar-refractivity contribution in [3.63, 3.8) is 0 Å². The highest BCUT2D eigenvalue weighted by atomic mass is 16.3. The maximum absolute atomic E-state index is 13.1. The van der Waals surface area contributed by atoms with Crippen molar-refractivity contribution in [3.05, 3.63) is 50.1 Å². The zero-order valence-corrected chi connectivity index (χ0v) is 26.4. The van der Waals surface area contributed by atoms with Gasteiger partial charge in [-0.1, -0.05) is 20.8 Å². The zero-order valence-electron chi connectivity index (χ0n) is 26.4. The van der Waals surface area contributed by atoms with Crippen LogP contribution in [0.5, 0.6) is 51.7 Å². The van der Waals surface area contributed by atoms with Crippen LogP contribution in [0.15, 0.2) is 0 Å². The molecule has 9 N–H and O–H groups in total. The third-order valence-corrected chi connectivity index (χ3v) is 8.10. The van der Waals surface area contributed by atoms with E-state index in [0.29, 0.717) is 19.3 Å².